The van der Waals surface area contributed by atoms with Crippen molar-refractivity contribution in [3.8, 4) is 0 Å². The summed E-state index contributed by atoms with van der Waals surface area (Å²) in [6.07, 6.45) is 10.6. The van der Waals surface area contributed by atoms with Gasteiger partial charge >= 0.3 is 0 Å². The molecule has 0 N–H and O–H groups in total. The molecule has 0 saturated heterocycles. The van der Waals surface area contributed by atoms with Crippen molar-refractivity contribution in [3.05, 3.63) is 24.8 Å². The summed E-state index contributed by atoms with van der Waals surface area (Å²) in [6.45, 7) is 8.62. The van der Waals surface area contributed by atoms with E-state index in [1.165, 1.54) is 0 Å². The highest BCUT2D eigenvalue weighted by Gasteiger charge is 2.12. The monoisotopic (exact) mass is 246 g/mol. The highest BCUT2D eigenvalue weighted by molar-refractivity contribution is 8.25. The smallest absolute Gasteiger partial charge is 0.0685 e. The van der Waals surface area contributed by atoms with Gasteiger partial charge in [0.2, 0.25) is 0 Å². The van der Waals surface area contributed by atoms with E-state index in [9.17, 15) is 0 Å². The van der Waals surface area contributed by atoms with Crippen LogP contribution in [0.4, 0.5) is 0 Å². The Balaban J connectivity index is 3.97. The first-order valence-corrected chi connectivity index (χ1v) is 7.89. The molecule has 0 bridgehead atoms. The van der Waals surface area contributed by atoms with E-state index in [-0.39, 0.29) is 0 Å². The average Bonchev–Trinajstić information content (AvgIpc) is 2.28. The number of allylic oxidation sites excluding steroid dienone is 3. The lowest BCUT2D eigenvalue weighted by Crippen LogP contribution is -2.10. The quantitative estimate of drug-likeness (QED) is 0.570. The van der Waals surface area contributed by atoms with Crippen LogP contribution in [0, 0.1) is 5.92 Å². The first kappa shape index (κ1) is 15.8. The Bertz CT molecular complexity index is 216. The highest BCUT2D eigenvalue weighted by atomic mass is 32.3. The van der Waals surface area contributed by atoms with Crippen molar-refractivity contribution in [1.29, 1.82) is 0 Å². The molecule has 0 aliphatic rings. The molecule has 0 radical (unpaired) electrons. The van der Waals surface area contributed by atoms with Crippen molar-refractivity contribution in [2.24, 2.45) is 5.92 Å². The molecule has 3 heteroatoms. The van der Waals surface area contributed by atoms with Crippen LogP contribution in [-0.2, 0) is 8.37 Å². The van der Waals surface area contributed by atoms with Crippen LogP contribution in [0.2, 0.25) is 0 Å². The van der Waals surface area contributed by atoms with E-state index in [0.29, 0.717) is 5.92 Å². The molecule has 96 valence electrons. The van der Waals surface area contributed by atoms with Gasteiger partial charge < -0.3 is 0 Å². The van der Waals surface area contributed by atoms with E-state index in [4.69, 9.17) is 8.37 Å². The Morgan fingerprint density at radius 2 is 2.12 bits per heavy atom. The molecule has 2 unspecified atom stereocenters. The van der Waals surface area contributed by atoms with Crippen molar-refractivity contribution >= 4 is 10.6 Å². The van der Waals surface area contributed by atoms with Crippen LogP contribution in [0.25, 0.3) is 0 Å². The van der Waals surface area contributed by atoms with Crippen LogP contribution in [0.1, 0.15) is 26.7 Å². The predicted octanol–water partition coefficient (Wildman–Crippen LogP) is 4.09. The molecule has 2 atom stereocenters. The topological polar surface area (TPSA) is 18.5 Å². The molecule has 0 saturated carbocycles. The second-order valence-corrected chi connectivity index (χ2v) is 6.60. The molecule has 0 spiro atoms. The highest BCUT2D eigenvalue weighted by Crippen LogP contribution is 2.46. The van der Waals surface area contributed by atoms with Gasteiger partial charge in [-0.2, -0.15) is 10.6 Å². The maximum atomic E-state index is 5.67. The fourth-order valence-electron chi connectivity index (χ4n) is 1.56. The van der Waals surface area contributed by atoms with Crippen LogP contribution in [-0.4, -0.2) is 25.7 Å². The molecular weight excluding hydrogens is 220 g/mol. The SMILES string of the molecule is C=CC(/C=C\C)CCCS(C)(OC)OCC. The fraction of sp³-hybridized carbons (Fsp3) is 0.692. The van der Waals surface area contributed by atoms with Gasteiger partial charge in [-0.05, 0) is 32.6 Å². The van der Waals surface area contributed by atoms with Gasteiger partial charge in [0.05, 0.1) is 13.7 Å². The van der Waals surface area contributed by atoms with Crippen LogP contribution < -0.4 is 0 Å². The molecule has 16 heavy (non-hydrogen) atoms. The number of rotatable bonds is 9. The molecule has 0 aromatic rings. The molecular formula is C13H26O2S. The van der Waals surface area contributed by atoms with Gasteiger partial charge in [-0.25, -0.2) is 0 Å². The molecule has 0 heterocycles. The summed E-state index contributed by atoms with van der Waals surface area (Å²) in [5, 5.41) is 0. The summed E-state index contributed by atoms with van der Waals surface area (Å²) in [4.78, 5) is 0. The molecule has 0 fully saturated rings. The van der Waals surface area contributed by atoms with Gasteiger partial charge in [0, 0.05) is 12.0 Å². The maximum Gasteiger partial charge on any atom is 0.0685 e. The zero-order valence-electron chi connectivity index (χ0n) is 11.1. The van der Waals surface area contributed by atoms with Gasteiger partial charge in [0.1, 0.15) is 0 Å². The Hall–Kier alpha value is -0.250. The first-order chi connectivity index (χ1) is 7.61. The largest absolute Gasteiger partial charge is 0.288 e. The van der Waals surface area contributed by atoms with Crippen LogP contribution in [0.15, 0.2) is 24.8 Å². The molecule has 0 rings (SSSR count). The van der Waals surface area contributed by atoms with Crippen LogP contribution in [0.5, 0.6) is 0 Å². The summed E-state index contributed by atoms with van der Waals surface area (Å²) < 4.78 is 11.1. The Morgan fingerprint density at radius 1 is 1.44 bits per heavy atom. The van der Waals surface area contributed by atoms with Gasteiger partial charge in [-0.3, -0.25) is 8.37 Å². The summed E-state index contributed by atoms with van der Waals surface area (Å²) in [5.74, 6) is 1.48. The molecule has 0 aromatic carbocycles. The van der Waals surface area contributed by atoms with E-state index in [2.05, 4.69) is 25.0 Å². The third-order valence-electron chi connectivity index (χ3n) is 2.51. The van der Waals surface area contributed by atoms with Crippen molar-refractivity contribution in [2.45, 2.75) is 26.7 Å². The normalized spacial score (nSPS) is 19.2. The van der Waals surface area contributed by atoms with Crippen molar-refractivity contribution in [3.63, 3.8) is 0 Å². The first-order valence-electron chi connectivity index (χ1n) is 5.83. The van der Waals surface area contributed by atoms with Crippen molar-refractivity contribution < 1.29 is 8.37 Å². The molecule has 0 aliphatic heterocycles. The summed E-state index contributed by atoms with van der Waals surface area (Å²) in [6, 6.07) is 0. The third kappa shape index (κ3) is 6.36. The minimum atomic E-state index is -1.30. The molecule has 0 aromatic heterocycles. The molecule has 0 aliphatic carbocycles. The zero-order chi connectivity index (χ0) is 12.4. The molecule has 2 nitrogen and oxygen atoms in total. The minimum Gasteiger partial charge on any atom is -0.288 e. The summed E-state index contributed by atoms with van der Waals surface area (Å²) in [7, 11) is 0.434. The van der Waals surface area contributed by atoms with E-state index in [1.54, 1.807) is 7.11 Å². The Kier molecular flexibility index (Phi) is 8.71. The summed E-state index contributed by atoms with van der Waals surface area (Å²) >= 11 is 0. The van der Waals surface area contributed by atoms with Gasteiger partial charge in [-0.15, -0.1) is 6.58 Å². The number of hydrogen-bond donors (Lipinski definition) is 0. The zero-order valence-corrected chi connectivity index (χ0v) is 11.9. The second kappa shape index (κ2) is 8.85. The molecule has 0 amide bonds. The maximum absolute atomic E-state index is 5.67. The standard InChI is InChI=1S/C13H26O2S/c1-6-10-13(7-2)11-9-12-16(5,14-4)15-8-3/h6-7,10,13H,2,8-9,11-12H2,1,3-5H3/b10-6-. The van der Waals surface area contributed by atoms with Crippen molar-refractivity contribution in [2.75, 3.05) is 25.7 Å². The second-order valence-electron chi connectivity index (χ2n) is 3.77. The van der Waals surface area contributed by atoms with Gasteiger partial charge in [-0.1, -0.05) is 18.2 Å². The summed E-state index contributed by atoms with van der Waals surface area (Å²) in [5.41, 5.74) is 0. The van der Waals surface area contributed by atoms with Crippen LogP contribution in [0.3, 0.4) is 0 Å². The fourth-order valence-corrected chi connectivity index (χ4v) is 3.13. The lowest BCUT2D eigenvalue weighted by molar-refractivity contribution is 0.307. The Morgan fingerprint density at radius 3 is 2.56 bits per heavy atom. The third-order valence-corrected chi connectivity index (χ3v) is 4.98. The van der Waals surface area contributed by atoms with Gasteiger partial charge in [0.15, 0.2) is 0 Å². The number of hydrogen-bond acceptors (Lipinski definition) is 2. The van der Waals surface area contributed by atoms with E-state index >= 15 is 0 Å². The van der Waals surface area contributed by atoms with Crippen LogP contribution >= 0.6 is 10.6 Å². The van der Waals surface area contributed by atoms with E-state index < -0.39 is 10.6 Å². The average molecular weight is 246 g/mol. The Labute approximate surface area is 102 Å². The van der Waals surface area contributed by atoms with Gasteiger partial charge in [0.25, 0.3) is 0 Å². The minimum absolute atomic E-state index is 0.479. The predicted molar refractivity (Wildman–Crippen MR) is 74.8 cm³/mol. The van der Waals surface area contributed by atoms with E-state index in [0.717, 1.165) is 25.2 Å². The van der Waals surface area contributed by atoms with Crippen molar-refractivity contribution in [1.82, 2.24) is 0 Å². The van der Waals surface area contributed by atoms with E-state index in [1.807, 2.05) is 19.9 Å². The lowest BCUT2D eigenvalue weighted by atomic mass is 10.0. The lowest BCUT2D eigenvalue weighted by Gasteiger charge is -2.38.